The Kier molecular flexibility index (Phi) is 3.00. The van der Waals surface area contributed by atoms with E-state index in [1.807, 2.05) is 30.3 Å². The Morgan fingerprint density at radius 2 is 2.00 bits per heavy atom. The molecule has 0 aliphatic rings. The summed E-state index contributed by atoms with van der Waals surface area (Å²) >= 11 is 0. The molecule has 82 valence electrons. The van der Waals surface area contributed by atoms with E-state index in [0.717, 1.165) is 17.0 Å². The van der Waals surface area contributed by atoms with Crippen LogP contribution in [0.15, 0.2) is 36.5 Å². The highest BCUT2D eigenvalue weighted by Crippen LogP contribution is 2.27. The SMILES string of the molecule is CNc1nccc(-c2ccccc2OC)n1. The van der Waals surface area contributed by atoms with Gasteiger partial charge in [-0.3, -0.25) is 0 Å². The molecule has 16 heavy (non-hydrogen) atoms. The fourth-order valence-corrected chi connectivity index (χ4v) is 1.49. The van der Waals surface area contributed by atoms with E-state index in [2.05, 4.69) is 15.3 Å². The number of rotatable bonds is 3. The van der Waals surface area contributed by atoms with Crippen LogP contribution in [0.4, 0.5) is 5.95 Å². The van der Waals surface area contributed by atoms with Crippen LogP contribution in [0, 0.1) is 0 Å². The van der Waals surface area contributed by atoms with Gasteiger partial charge in [-0.25, -0.2) is 9.97 Å². The van der Waals surface area contributed by atoms with E-state index >= 15 is 0 Å². The summed E-state index contributed by atoms with van der Waals surface area (Å²) in [6.45, 7) is 0. The molecule has 1 aromatic carbocycles. The fraction of sp³-hybridized carbons (Fsp3) is 0.167. The number of anilines is 1. The molecule has 0 spiro atoms. The van der Waals surface area contributed by atoms with Crippen LogP contribution in [0.2, 0.25) is 0 Å². The average Bonchev–Trinajstić information content (AvgIpc) is 2.38. The van der Waals surface area contributed by atoms with Crippen molar-refractivity contribution in [3.63, 3.8) is 0 Å². The number of hydrogen-bond donors (Lipinski definition) is 1. The van der Waals surface area contributed by atoms with E-state index in [4.69, 9.17) is 4.74 Å². The van der Waals surface area contributed by atoms with E-state index < -0.39 is 0 Å². The van der Waals surface area contributed by atoms with Crippen LogP contribution in [-0.2, 0) is 0 Å². The molecule has 0 amide bonds. The zero-order chi connectivity index (χ0) is 11.4. The zero-order valence-electron chi connectivity index (χ0n) is 9.27. The molecule has 0 saturated heterocycles. The second-order valence-electron chi connectivity index (χ2n) is 3.22. The predicted octanol–water partition coefficient (Wildman–Crippen LogP) is 2.19. The molecule has 2 rings (SSSR count). The molecule has 0 aliphatic carbocycles. The molecule has 0 saturated carbocycles. The number of aromatic nitrogens is 2. The Balaban J connectivity index is 2.49. The standard InChI is InChI=1S/C12H13N3O/c1-13-12-14-8-7-10(15-12)9-5-3-4-6-11(9)16-2/h3-8H,1-2H3,(H,13,14,15). The summed E-state index contributed by atoms with van der Waals surface area (Å²) in [7, 11) is 3.44. The van der Waals surface area contributed by atoms with E-state index in [9.17, 15) is 0 Å². The summed E-state index contributed by atoms with van der Waals surface area (Å²) in [5, 5.41) is 2.91. The summed E-state index contributed by atoms with van der Waals surface area (Å²) in [6, 6.07) is 9.64. The molecule has 0 bridgehead atoms. The lowest BCUT2D eigenvalue weighted by Crippen LogP contribution is -1.97. The van der Waals surface area contributed by atoms with Gasteiger partial charge in [0.1, 0.15) is 5.75 Å². The first kappa shape index (κ1) is 10.4. The largest absolute Gasteiger partial charge is 0.496 e. The van der Waals surface area contributed by atoms with E-state index in [1.54, 1.807) is 20.4 Å². The minimum Gasteiger partial charge on any atom is -0.496 e. The molecule has 0 unspecified atom stereocenters. The van der Waals surface area contributed by atoms with Crippen molar-refractivity contribution in [3.05, 3.63) is 36.5 Å². The van der Waals surface area contributed by atoms with Gasteiger partial charge in [0.25, 0.3) is 0 Å². The first-order valence-corrected chi connectivity index (χ1v) is 4.99. The summed E-state index contributed by atoms with van der Waals surface area (Å²) in [5.74, 6) is 1.41. The highest BCUT2D eigenvalue weighted by molar-refractivity contribution is 5.67. The highest BCUT2D eigenvalue weighted by atomic mass is 16.5. The molecule has 2 aromatic rings. The molecular weight excluding hydrogens is 202 g/mol. The van der Waals surface area contributed by atoms with E-state index in [0.29, 0.717) is 5.95 Å². The third kappa shape index (κ3) is 1.95. The van der Waals surface area contributed by atoms with Crippen LogP contribution in [0.5, 0.6) is 5.75 Å². The van der Waals surface area contributed by atoms with Crippen LogP contribution >= 0.6 is 0 Å². The van der Waals surface area contributed by atoms with Crippen molar-refractivity contribution in [1.29, 1.82) is 0 Å². The molecule has 0 fully saturated rings. The van der Waals surface area contributed by atoms with Crippen LogP contribution in [-0.4, -0.2) is 24.1 Å². The Bertz CT molecular complexity index is 485. The molecule has 0 atom stereocenters. The van der Waals surface area contributed by atoms with Crippen molar-refractivity contribution in [2.75, 3.05) is 19.5 Å². The maximum Gasteiger partial charge on any atom is 0.222 e. The number of nitrogens with one attached hydrogen (secondary N) is 1. The lowest BCUT2D eigenvalue weighted by molar-refractivity contribution is 0.416. The van der Waals surface area contributed by atoms with Crippen molar-refractivity contribution in [2.24, 2.45) is 0 Å². The van der Waals surface area contributed by atoms with Crippen molar-refractivity contribution in [3.8, 4) is 17.0 Å². The van der Waals surface area contributed by atoms with Gasteiger partial charge in [0, 0.05) is 18.8 Å². The third-order valence-corrected chi connectivity index (χ3v) is 2.26. The van der Waals surface area contributed by atoms with Gasteiger partial charge in [-0.05, 0) is 18.2 Å². The summed E-state index contributed by atoms with van der Waals surface area (Å²) in [4.78, 5) is 8.44. The summed E-state index contributed by atoms with van der Waals surface area (Å²) in [5.41, 5.74) is 1.81. The summed E-state index contributed by atoms with van der Waals surface area (Å²) < 4.78 is 5.29. The van der Waals surface area contributed by atoms with Crippen molar-refractivity contribution >= 4 is 5.95 Å². The van der Waals surface area contributed by atoms with Gasteiger partial charge in [-0.15, -0.1) is 0 Å². The normalized spacial score (nSPS) is 9.88. The van der Waals surface area contributed by atoms with Gasteiger partial charge in [0.15, 0.2) is 0 Å². The molecule has 1 heterocycles. The lowest BCUT2D eigenvalue weighted by Gasteiger charge is -2.07. The molecule has 4 heteroatoms. The van der Waals surface area contributed by atoms with Gasteiger partial charge in [0.2, 0.25) is 5.95 Å². The van der Waals surface area contributed by atoms with Gasteiger partial charge < -0.3 is 10.1 Å². The van der Waals surface area contributed by atoms with Crippen molar-refractivity contribution in [1.82, 2.24) is 9.97 Å². The van der Waals surface area contributed by atoms with Gasteiger partial charge >= 0.3 is 0 Å². The minimum absolute atomic E-state index is 0.600. The lowest BCUT2D eigenvalue weighted by atomic mass is 10.1. The first-order valence-electron chi connectivity index (χ1n) is 4.99. The van der Waals surface area contributed by atoms with E-state index in [-0.39, 0.29) is 0 Å². The molecule has 1 aromatic heterocycles. The third-order valence-electron chi connectivity index (χ3n) is 2.26. The number of benzene rings is 1. The molecular formula is C12H13N3O. The van der Waals surface area contributed by atoms with Crippen LogP contribution < -0.4 is 10.1 Å². The smallest absolute Gasteiger partial charge is 0.222 e. The summed E-state index contributed by atoms with van der Waals surface area (Å²) in [6.07, 6.45) is 1.72. The number of hydrogen-bond acceptors (Lipinski definition) is 4. The second kappa shape index (κ2) is 4.61. The Labute approximate surface area is 94.3 Å². The number of methoxy groups -OCH3 is 1. The Hall–Kier alpha value is -2.10. The Morgan fingerprint density at radius 1 is 1.19 bits per heavy atom. The fourth-order valence-electron chi connectivity index (χ4n) is 1.49. The maximum absolute atomic E-state index is 5.29. The van der Waals surface area contributed by atoms with Crippen LogP contribution in [0.1, 0.15) is 0 Å². The molecule has 4 nitrogen and oxygen atoms in total. The maximum atomic E-state index is 5.29. The number of ether oxygens (including phenoxy) is 1. The first-order chi connectivity index (χ1) is 7.85. The second-order valence-corrected chi connectivity index (χ2v) is 3.22. The molecule has 1 N–H and O–H groups in total. The van der Waals surface area contributed by atoms with E-state index in [1.165, 1.54) is 0 Å². The Morgan fingerprint density at radius 3 is 2.75 bits per heavy atom. The molecule has 0 radical (unpaired) electrons. The van der Waals surface area contributed by atoms with Crippen molar-refractivity contribution in [2.45, 2.75) is 0 Å². The number of para-hydroxylation sites is 1. The quantitative estimate of drug-likeness (QED) is 0.852. The van der Waals surface area contributed by atoms with Gasteiger partial charge in [-0.1, -0.05) is 12.1 Å². The van der Waals surface area contributed by atoms with Crippen LogP contribution in [0.3, 0.4) is 0 Å². The predicted molar refractivity (Wildman–Crippen MR) is 63.6 cm³/mol. The molecule has 0 aliphatic heterocycles. The van der Waals surface area contributed by atoms with Crippen LogP contribution in [0.25, 0.3) is 11.3 Å². The minimum atomic E-state index is 0.600. The number of nitrogens with zero attached hydrogens (tertiary/aromatic N) is 2. The average molecular weight is 215 g/mol. The van der Waals surface area contributed by atoms with Crippen molar-refractivity contribution < 1.29 is 4.74 Å². The topological polar surface area (TPSA) is 47.0 Å². The monoisotopic (exact) mass is 215 g/mol. The zero-order valence-corrected chi connectivity index (χ0v) is 9.27. The highest BCUT2D eigenvalue weighted by Gasteiger charge is 2.06. The van der Waals surface area contributed by atoms with Gasteiger partial charge in [-0.2, -0.15) is 0 Å². The van der Waals surface area contributed by atoms with Gasteiger partial charge in [0.05, 0.1) is 12.8 Å².